The molecule has 0 spiro atoms. The molecule has 0 bridgehead atoms. The van der Waals surface area contributed by atoms with Crippen molar-refractivity contribution in [1.29, 1.82) is 0 Å². The molecule has 0 amide bonds. The van der Waals surface area contributed by atoms with Crippen molar-refractivity contribution in [3.05, 3.63) is 62.9 Å². The van der Waals surface area contributed by atoms with Gasteiger partial charge < -0.3 is 28.9 Å². The Morgan fingerprint density at radius 2 is 2.00 bits per heavy atom. The Labute approximate surface area is 177 Å². The first-order valence-electron chi connectivity index (χ1n) is 9.22. The number of non-ortho nitro benzene ring substituents is 1. The van der Waals surface area contributed by atoms with Gasteiger partial charge in [0, 0.05) is 31.9 Å². The van der Waals surface area contributed by atoms with Gasteiger partial charge >= 0.3 is 0 Å². The van der Waals surface area contributed by atoms with Gasteiger partial charge in [-0.3, -0.25) is 10.1 Å². The van der Waals surface area contributed by atoms with Gasteiger partial charge in [-0.2, -0.15) is 0 Å². The normalized spacial score (nSPS) is 23.4. The van der Waals surface area contributed by atoms with Crippen LogP contribution in [-0.2, 0) is 9.47 Å². The fourth-order valence-corrected chi connectivity index (χ4v) is 4.46. The summed E-state index contributed by atoms with van der Waals surface area (Å²) in [6.45, 7) is 1.67. The predicted octanol–water partition coefficient (Wildman–Crippen LogP) is 3.33. The number of nitro groups is 1. The molecular weight excluding hydrogens is 410 g/mol. The Balaban J connectivity index is 2.01. The summed E-state index contributed by atoms with van der Waals surface area (Å²) in [6.07, 6.45) is -2.11. The van der Waals surface area contributed by atoms with E-state index < -0.39 is 29.0 Å². The Morgan fingerprint density at radius 3 is 2.67 bits per heavy atom. The molecule has 3 atom stereocenters. The Hall–Kier alpha value is -2.79. The van der Waals surface area contributed by atoms with E-state index in [-0.39, 0.29) is 5.69 Å². The van der Waals surface area contributed by atoms with Crippen LogP contribution in [0.2, 0.25) is 0 Å². The number of nitrogens with zero attached hydrogens (tertiary/aromatic N) is 2. The number of para-hydroxylation sites is 2. The largest absolute Gasteiger partial charge is 0.479 e. The lowest BCUT2D eigenvalue weighted by Gasteiger charge is -2.46. The Bertz CT molecular complexity index is 1170. The quantitative estimate of drug-likeness (QED) is 0.276. The van der Waals surface area contributed by atoms with Gasteiger partial charge in [0.2, 0.25) is 0 Å². The van der Waals surface area contributed by atoms with E-state index in [1.807, 2.05) is 24.3 Å². The molecule has 2 N–H and O–H groups in total. The number of imidazole rings is 1. The molecule has 1 aliphatic heterocycles. The lowest BCUT2D eigenvalue weighted by Crippen LogP contribution is -2.60. The second-order valence-corrected chi connectivity index (χ2v) is 7.66. The Morgan fingerprint density at radius 1 is 1.30 bits per heavy atom. The fraction of sp³-hybridized carbons (Fsp3) is 0.350. The van der Waals surface area contributed by atoms with Crippen molar-refractivity contribution in [1.82, 2.24) is 9.55 Å². The number of H-pyrrole nitrogens is 1. The average molecular weight is 431 g/mol. The fourth-order valence-electron chi connectivity index (χ4n) is 4.14. The molecule has 3 aromatic rings. The Kier molecular flexibility index (Phi) is 5.10. The van der Waals surface area contributed by atoms with Crippen LogP contribution in [-0.4, -0.2) is 51.8 Å². The molecule has 9 nitrogen and oxygen atoms in total. The third-order valence-corrected chi connectivity index (χ3v) is 5.84. The van der Waals surface area contributed by atoms with Gasteiger partial charge in [-0.25, -0.2) is 0 Å². The lowest BCUT2D eigenvalue weighted by atomic mass is 9.84. The van der Waals surface area contributed by atoms with Gasteiger partial charge in [0.15, 0.2) is 16.7 Å². The zero-order chi connectivity index (χ0) is 21.6. The minimum absolute atomic E-state index is 0.112. The second kappa shape index (κ2) is 7.47. The smallest absolute Gasteiger partial charge is 0.270 e. The molecule has 0 radical (unpaired) electrons. The van der Waals surface area contributed by atoms with E-state index in [0.717, 1.165) is 11.0 Å². The van der Waals surface area contributed by atoms with Crippen molar-refractivity contribution in [2.24, 2.45) is 0 Å². The number of aliphatic hydroxyl groups is 1. The highest BCUT2D eigenvalue weighted by Crippen LogP contribution is 2.46. The van der Waals surface area contributed by atoms with Crippen LogP contribution in [0.3, 0.4) is 0 Å². The summed E-state index contributed by atoms with van der Waals surface area (Å²) in [6, 6.07) is 11.0. The molecule has 2 aromatic carbocycles. The highest BCUT2D eigenvalue weighted by molar-refractivity contribution is 7.71. The number of aliphatic hydroxyl groups excluding tert-OH is 1. The van der Waals surface area contributed by atoms with E-state index in [9.17, 15) is 15.2 Å². The third kappa shape index (κ3) is 3.00. The molecule has 0 unspecified atom stereocenters. The first kappa shape index (κ1) is 20.5. The van der Waals surface area contributed by atoms with Gasteiger partial charge in [0.05, 0.1) is 22.0 Å². The molecule has 0 fully saturated rings. The number of hydrogen-bond donors (Lipinski definition) is 2. The highest BCUT2D eigenvalue weighted by Gasteiger charge is 2.53. The predicted molar refractivity (Wildman–Crippen MR) is 111 cm³/mol. The van der Waals surface area contributed by atoms with Gasteiger partial charge in [-0.1, -0.05) is 12.1 Å². The molecule has 2 heterocycles. The van der Waals surface area contributed by atoms with E-state index in [2.05, 4.69) is 4.98 Å². The molecule has 1 aliphatic rings. The molecular formula is C20H21N3O6S. The summed E-state index contributed by atoms with van der Waals surface area (Å²) in [7, 11) is 2.90. The molecule has 0 saturated heterocycles. The maximum Gasteiger partial charge on any atom is 0.270 e. The third-order valence-electron chi connectivity index (χ3n) is 5.54. The number of hydrogen-bond acceptors (Lipinski definition) is 7. The van der Waals surface area contributed by atoms with Crippen LogP contribution in [0.1, 0.15) is 18.5 Å². The van der Waals surface area contributed by atoms with Crippen molar-refractivity contribution in [2.45, 2.75) is 31.0 Å². The van der Waals surface area contributed by atoms with E-state index in [0.29, 0.717) is 16.1 Å². The van der Waals surface area contributed by atoms with Crippen LogP contribution < -0.4 is 4.74 Å². The van der Waals surface area contributed by atoms with Crippen LogP contribution in [0.5, 0.6) is 5.75 Å². The number of methoxy groups -OCH3 is 2. The van der Waals surface area contributed by atoms with Crippen LogP contribution in [0.25, 0.3) is 11.0 Å². The number of aromatic nitrogens is 2. The van der Waals surface area contributed by atoms with Crippen molar-refractivity contribution < 1.29 is 24.2 Å². The standard InChI is InChI=1S/C20H21N3O6S/c1-20(18(27-2)28-3)17(24)16(12-10-11(23(25)26)8-9-15(12)29-20)22-14-7-5-4-6-13(14)21-19(22)30/h4-10,16-18,24H,1-3H3,(H,21,30)/t16-,17+,20-/m0/s1. The molecule has 0 saturated carbocycles. The minimum atomic E-state index is -1.32. The molecule has 30 heavy (non-hydrogen) atoms. The monoisotopic (exact) mass is 431 g/mol. The number of nitrogens with one attached hydrogen (secondary N) is 1. The summed E-state index contributed by atoms with van der Waals surface area (Å²) >= 11 is 5.56. The zero-order valence-electron chi connectivity index (χ0n) is 16.6. The van der Waals surface area contributed by atoms with Gasteiger partial charge in [0.25, 0.3) is 5.69 Å². The van der Waals surface area contributed by atoms with Gasteiger partial charge in [0.1, 0.15) is 11.9 Å². The summed E-state index contributed by atoms with van der Waals surface area (Å²) in [5.41, 5.74) is 0.551. The van der Waals surface area contributed by atoms with E-state index in [4.69, 9.17) is 26.4 Å². The summed E-state index contributed by atoms with van der Waals surface area (Å²) in [4.78, 5) is 14.0. The molecule has 158 valence electrons. The number of ether oxygens (including phenoxy) is 3. The van der Waals surface area contributed by atoms with Gasteiger partial charge in [-0.15, -0.1) is 0 Å². The van der Waals surface area contributed by atoms with Gasteiger partial charge in [-0.05, 0) is 37.3 Å². The maximum absolute atomic E-state index is 11.5. The molecule has 0 aliphatic carbocycles. The molecule has 10 heteroatoms. The van der Waals surface area contributed by atoms with Crippen LogP contribution in [0.4, 0.5) is 5.69 Å². The first-order valence-corrected chi connectivity index (χ1v) is 9.63. The topological polar surface area (TPSA) is 112 Å². The molecule has 4 rings (SSSR count). The van der Waals surface area contributed by atoms with Crippen LogP contribution in [0.15, 0.2) is 42.5 Å². The summed E-state index contributed by atoms with van der Waals surface area (Å²) < 4.78 is 19.1. The summed E-state index contributed by atoms with van der Waals surface area (Å²) in [5, 5.41) is 22.9. The number of fused-ring (bicyclic) bond motifs is 2. The van der Waals surface area contributed by atoms with Crippen molar-refractivity contribution in [3.63, 3.8) is 0 Å². The SMILES string of the molecule is COC(OC)[C@@]1(C)Oc2ccc([N+](=O)[O-])cc2[C@H](n2c(=S)[nH]c3ccccc32)[C@H]1O. The van der Waals surface area contributed by atoms with Crippen molar-refractivity contribution >= 4 is 28.9 Å². The first-order chi connectivity index (χ1) is 14.3. The highest BCUT2D eigenvalue weighted by atomic mass is 32.1. The van der Waals surface area contributed by atoms with Crippen molar-refractivity contribution in [3.8, 4) is 5.75 Å². The maximum atomic E-state index is 11.5. The zero-order valence-corrected chi connectivity index (χ0v) is 17.4. The lowest BCUT2D eigenvalue weighted by molar-refractivity contribution is -0.385. The number of rotatable bonds is 5. The number of nitro benzene ring substituents is 1. The van der Waals surface area contributed by atoms with Crippen molar-refractivity contribution in [2.75, 3.05) is 14.2 Å². The molecule has 1 aromatic heterocycles. The minimum Gasteiger partial charge on any atom is -0.479 e. The average Bonchev–Trinajstić information content (AvgIpc) is 3.05. The second-order valence-electron chi connectivity index (χ2n) is 7.28. The number of benzene rings is 2. The number of aromatic amines is 1. The van der Waals surface area contributed by atoms with E-state index in [1.54, 1.807) is 11.5 Å². The summed E-state index contributed by atoms with van der Waals surface area (Å²) in [5.74, 6) is 0.379. The van der Waals surface area contributed by atoms with E-state index in [1.165, 1.54) is 32.4 Å². The van der Waals surface area contributed by atoms with E-state index >= 15 is 0 Å². The van der Waals surface area contributed by atoms with Crippen LogP contribution in [0, 0.1) is 14.9 Å². The van der Waals surface area contributed by atoms with Crippen LogP contribution >= 0.6 is 12.2 Å².